The Kier molecular flexibility index (Phi) is 10.1. The van der Waals surface area contributed by atoms with E-state index in [9.17, 15) is 9.59 Å². The Hall–Kier alpha value is -2.66. The summed E-state index contributed by atoms with van der Waals surface area (Å²) in [4.78, 5) is 28.1. The molecule has 0 atom stereocenters. The second-order valence-electron chi connectivity index (χ2n) is 7.71. The summed E-state index contributed by atoms with van der Waals surface area (Å²) in [5.41, 5.74) is 4.22. The summed E-state index contributed by atoms with van der Waals surface area (Å²) in [6.07, 6.45) is 7.33. The third-order valence-corrected chi connectivity index (χ3v) is 6.64. The van der Waals surface area contributed by atoms with Crippen molar-refractivity contribution < 1.29 is 23.8 Å². The summed E-state index contributed by atoms with van der Waals surface area (Å²) in [6, 6.07) is 3.75. The minimum absolute atomic E-state index is 0.0769. The monoisotopic (exact) mass is 552 g/mol. The van der Waals surface area contributed by atoms with Gasteiger partial charge in [-0.1, -0.05) is 19.3 Å². The van der Waals surface area contributed by atoms with E-state index in [0.717, 1.165) is 35.7 Å². The summed E-state index contributed by atoms with van der Waals surface area (Å²) in [5, 5.41) is 9.59. The van der Waals surface area contributed by atoms with Gasteiger partial charge in [0.2, 0.25) is 5.13 Å². The van der Waals surface area contributed by atoms with Crippen molar-refractivity contribution >= 4 is 50.5 Å². The van der Waals surface area contributed by atoms with Crippen molar-refractivity contribution in [3.8, 4) is 11.5 Å². The molecule has 34 heavy (non-hydrogen) atoms. The van der Waals surface area contributed by atoms with Gasteiger partial charge in [-0.25, -0.2) is 4.98 Å². The number of nitrogens with zero attached hydrogens (tertiary/aromatic N) is 2. The first kappa shape index (κ1) is 26.0. The normalized spacial score (nSPS) is 14.1. The molecule has 1 saturated carbocycles. The highest BCUT2D eigenvalue weighted by atomic mass is 79.9. The zero-order chi connectivity index (χ0) is 24.3. The predicted octanol–water partition coefficient (Wildman–Crippen LogP) is 4.29. The second kappa shape index (κ2) is 13.3. The van der Waals surface area contributed by atoms with Gasteiger partial charge in [0.1, 0.15) is 0 Å². The molecule has 0 saturated heterocycles. The number of aromatic nitrogens is 1. The molecule has 0 unspecified atom stereocenters. The number of anilines is 1. The predicted molar refractivity (Wildman–Crippen MR) is 135 cm³/mol. The van der Waals surface area contributed by atoms with Crippen LogP contribution in [0.2, 0.25) is 0 Å². The van der Waals surface area contributed by atoms with Crippen LogP contribution in [0.3, 0.4) is 0 Å². The number of carbonyl (C=O) groups excluding carboxylic acids is 2. The SMILES string of the molecule is CCOC(=O)Cc1csc(NN=Cc2cc(OC)c(OCC(=O)NC3CCCCC3)cc2Br)n1. The van der Waals surface area contributed by atoms with Crippen LogP contribution in [0.1, 0.15) is 50.3 Å². The molecule has 1 aromatic heterocycles. The van der Waals surface area contributed by atoms with Crippen molar-refractivity contribution in [1.82, 2.24) is 10.3 Å². The van der Waals surface area contributed by atoms with E-state index in [0.29, 0.717) is 28.9 Å². The number of amides is 1. The van der Waals surface area contributed by atoms with E-state index in [1.807, 2.05) is 0 Å². The fourth-order valence-corrected chi connectivity index (χ4v) is 4.62. The van der Waals surface area contributed by atoms with Crippen LogP contribution in [0.15, 0.2) is 27.1 Å². The Labute approximate surface area is 211 Å². The summed E-state index contributed by atoms with van der Waals surface area (Å²) in [7, 11) is 1.54. The molecule has 9 nitrogen and oxygen atoms in total. The highest BCUT2D eigenvalue weighted by Gasteiger charge is 2.17. The molecule has 11 heteroatoms. The van der Waals surface area contributed by atoms with Crippen LogP contribution in [0, 0.1) is 0 Å². The number of halogens is 1. The van der Waals surface area contributed by atoms with Gasteiger partial charge in [0, 0.05) is 21.5 Å². The van der Waals surface area contributed by atoms with Gasteiger partial charge in [0.15, 0.2) is 18.1 Å². The molecular weight excluding hydrogens is 524 g/mol. The standard InChI is InChI=1S/C23H29BrN4O5S/c1-3-32-22(30)10-17-14-34-23(27-17)28-25-12-15-9-19(31-2)20(11-18(15)24)33-13-21(29)26-16-7-5-4-6-8-16/h9,11-12,14,16H,3-8,10,13H2,1-2H3,(H,26,29)(H,27,28). The van der Waals surface area contributed by atoms with E-state index in [1.165, 1.54) is 24.9 Å². The van der Waals surface area contributed by atoms with Crippen molar-refractivity contribution in [2.24, 2.45) is 5.10 Å². The Morgan fingerprint density at radius 3 is 2.79 bits per heavy atom. The molecule has 2 aromatic rings. The Bertz CT molecular complexity index is 1010. The molecule has 184 valence electrons. The lowest BCUT2D eigenvalue weighted by molar-refractivity contribution is -0.142. The number of hydrogen-bond donors (Lipinski definition) is 2. The average Bonchev–Trinajstić information content (AvgIpc) is 3.26. The number of methoxy groups -OCH3 is 1. The molecular formula is C23H29BrN4O5S. The number of hydrogen-bond acceptors (Lipinski definition) is 9. The van der Waals surface area contributed by atoms with Crippen LogP contribution >= 0.6 is 27.3 Å². The molecule has 0 bridgehead atoms. The number of hydrazone groups is 1. The molecule has 1 fully saturated rings. The maximum atomic E-state index is 12.3. The summed E-state index contributed by atoms with van der Waals surface area (Å²) in [5.74, 6) is 0.501. The van der Waals surface area contributed by atoms with Crippen LogP contribution in [0.5, 0.6) is 11.5 Å². The van der Waals surface area contributed by atoms with Gasteiger partial charge >= 0.3 is 5.97 Å². The minimum Gasteiger partial charge on any atom is -0.493 e. The van der Waals surface area contributed by atoms with Gasteiger partial charge < -0.3 is 19.5 Å². The molecule has 1 aliphatic rings. The van der Waals surface area contributed by atoms with Crippen LogP contribution in [0.25, 0.3) is 0 Å². The van der Waals surface area contributed by atoms with Crippen molar-refractivity contribution in [2.45, 2.75) is 51.5 Å². The Balaban J connectivity index is 1.55. The molecule has 1 aliphatic carbocycles. The van der Waals surface area contributed by atoms with Gasteiger partial charge in [0.25, 0.3) is 5.91 Å². The first-order chi connectivity index (χ1) is 16.5. The van der Waals surface area contributed by atoms with Gasteiger partial charge in [0.05, 0.1) is 32.0 Å². The van der Waals surface area contributed by atoms with Crippen LogP contribution in [-0.2, 0) is 20.7 Å². The summed E-state index contributed by atoms with van der Waals surface area (Å²) >= 11 is 4.85. The quantitative estimate of drug-likeness (QED) is 0.243. The number of nitrogens with one attached hydrogen (secondary N) is 2. The highest BCUT2D eigenvalue weighted by molar-refractivity contribution is 9.10. The molecule has 0 spiro atoms. The number of carbonyl (C=O) groups is 2. The molecule has 3 rings (SSSR count). The lowest BCUT2D eigenvalue weighted by atomic mass is 9.95. The molecule has 0 radical (unpaired) electrons. The number of esters is 1. The molecule has 0 aliphatic heterocycles. The van der Waals surface area contributed by atoms with Crippen molar-refractivity contribution in [1.29, 1.82) is 0 Å². The molecule has 2 N–H and O–H groups in total. The Morgan fingerprint density at radius 1 is 1.26 bits per heavy atom. The highest BCUT2D eigenvalue weighted by Crippen LogP contribution is 2.33. The minimum atomic E-state index is -0.312. The van der Waals surface area contributed by atoms with Crippen molar-refractivity contribution in [3.05, 3.63) is 33.2 Å². The number of thiazole rings is 1. The summed E-state index contributed by atoms with van der Waals surface area (Å²) < 4.78 is 16.8. The van der Waals surface area contributed by atoms with E-state index in [4.69, 9.17) is 14.2 Å². The van der Waals surface area contributed by atoms with E-state index >= 15 is 0 Å². The number of rotatable bonds is 11. The van der Waals surface area contributed by atoms with E-state index in [-0.39, 0.29) is 30.9 Å². The van der Waals surface area contributed by atoms with E-state index < -0.39 is 0 Å². The lowest BCUT2D eigenvalue weighted by Gasteiger charge is -2.22. The first-order valence-electron chi connectivity index (χ1n) is 11.2. The zero-order valence-electron chi connectivity index (χ0n) is 19.3. The maximum absolute atomic E-state index is 12.3. The van der Waals surface area contributed by atoms with Gasteiger partial charge in [-0.15, -0.1) is 11.3 Å². The van der Waals surface area contributed by atoms with Gasteiger partial charge in [-0.05, 0) is 47.8 Å². The molecule has 1 amide bonds. The van der Waals surface area contributed by atoms with Gasteiger partial charge in [-0.3, -0.25) is 15.0 Å². The van der Waals surface area contributed by atoms with E-state index in [1.54, 1.807) is 30.7 Å². The van der Waals surface area contributed by atoms with Crippen molar-refractivity contribution in [3.63, 3.8) is 0 Å². The van der Waals surface area contributed by atoms with Crippen LogP contribution in [-0.4, -0.2) is 49.4 Å². The van der Waals surface area contributed by atoms with Crippen LogP contribution < -0.4 is 20.2 Å². The second-order valence-corrected chi connectivity index (χ2v) is 9.42. The number of ether oxygens (including phenoxy) is 3. The fourth-order valence-electron chi connectivity index (χ4n) is 3.54. The third kappa shape index (κ3) is 7.98. The average molecular weight is 553 g/mol. The van der Waals surface area contributed by atoms with Crippen molar-refractivity contribution in [2.75, 3.05) is 25.7 Å². The molecule has 1 heterocycles. The summed E-state index contributed by atoms with van der Waals surface area (Å²) in [6.45, 7) is 2.03. The lowest BCUT2D eigenvalue weighted by Crippen LogP contribution is -2.39. The molecule has 1 aromatic carbocycles. The largest absolute Gasteiger partial charge is 0.493 e. The topological polar surface area (TPSA) is 111 Å². The van der Waals surface area contributed by atoms with Crippen LogP contribution in [0.4, 0.5) is 5.13 Å². The number of benzene rings is 1. The fraction of sp³-hybridized carbons (Fsp3) is 0.478. The van der Waals surface area contributed by atoms with E-state index in [2.05, 4.69) is 36.8 Å². The third-order valence-electron chi connectivity index (χ3n) is 5.16. The zero-order valence-corrected chi connectivity index (χ0v) is 21.7. The maximum Gasteiger partial charge on any atom is 0.311 e. The Morgan fingerprint density at radius 2 is 2.06 bits per heavy atom. The first-order valence-corrected chi connectivity index (χ1v) is 12.8. The van der Waals surface area contributed by atoms with Gasteiger partial charge in [-0.2, -0.15) is 5.10 Å². The smallest absolute Gasteiger partial charge is 0.311 e.